The minimum Gasteiger partial charge on any atom is -0.374 e. The van der Waals surface area contributed by atoms with Gasteiger partial charge in [0, 0.05) is 44.9 Å². The maximum absolute atomic E-state index is 6.73. The minimum atomic E-state index is -3.27. The van der Waals surface area contributed by atoms with Gasteiger partial charge in [-0.2, -0.15) is 0 Å². The summed E-state index contributed by atoms with van der Waals surface area (Å²) in [5.41, 5.74) is 0. The van der Waals surface area contributed by atoms with Crippen LogP contribution in [0, 0.1) is 0 Å². The zero-order valence-electron chi connectivity index (χ0n) is 17.7. The molecule has 0 bridgehead atoms. The zero-order chi connectivity index (χ0) is 20.0. The quantitative estimate of drug-likeness (QED) is 0.353. The molecule has 1 rings (SSSR count). The van der Waals surface area contributed by atoms with Crippen LogP contribution in [0.5, 0.6) is 0 Å². The second kappa shape index (κ2) is 13.6. The second-order valence-corrected chi connectivity index (χ2v) is 11.8. The largest absolute Gasteiger partial charge is 0.631 e. The number of imidazole rings is 1. The van der Waals surface area contributed by atoms with E-state index in [0.717, 1.165) is 38.1 Å². The molecule has 1 heterocycles. The molecule has 7 nitrogen and oxygen atoms in total. The molecule has 9 heteroatoms. The van der Waals surface area contributed by atoms with E-state index in [2.05, 4.69) is 39.6 Å². The first-order valence-corrected chi connectivity index (χ1v) is 14.0. The van der Waals surface area contributed by atoms with Crippen LogP contribution in [0.1, 0.15) is 66.7 Å². The smallest absolute Gasteiger partial charge is 0.374 e. The summed E-state index contributed by atoms with van der Waals surface area (Å²) < 4.78 is 33.7. The topological polar surface area (TPSA) is 64.0 Å². The molecule has 158 valence electrons. The molecule has 0 radical (unpaired) electrons. The third-order valence-corrected chi connectivity index (χ3v) is 10.4. The van der Waals surface area contributed by atoms with Crippen molar-refractivity contribution in [2.24, 2.45) is 0 Å². The van der Waals surface area contributed by atoms with Crippen LogP contribution in [0.4, 0.5) is 0 Å². The Bertz CT molecular complexity index is 460. The van der Waals surface area contributed by atoms with Crippen molar-refractivity contribution in [3.8, 4) is 0 Å². The van der Waals surface area contributed by atoms with E-state index in [0.29, 0.717) is 26.4 Å². The average molecular weight is 419 g/mol. The van der Waals surface area contributed by atoms with E-state index in [1.165, 1.54) is 0 Å². The van der Waals surface area contributed by atoms with Crippen molar-refractivity contribution in [1.29, 1.82) is 0 Å². The first-order chi connectivity index (χ1) is 13.1. The van der Waals surface area contributed by atoms with E-state index in [-0.39, 0.29) is 0 Å². The molecule has 1 aromatic rings. The van der Waals surface area contributed by atoms with Crippen molar-refractivity contribution < 1.29 is 21.8 Å². The molecule has 0 fully saturated rings. The maximum Gasteiger partial charge on any atom is 0.631 e. The molecule has 0 amide bonds. The third-order valence-electron chi connectivity index (χ3n) is 3.69. The fourth-order valence-corrected chi connectivity index (χ4v) is 9.62. The standard InChI is InChI=1S/C18H38N2O5Si2/c1-6-13-21-26(17-10-5,22-14-7-2)25-27(23-15-8-3,24-16-9-4)20-12-11-19-18-20/h11-12,18H,6-10,13-17H2,1-5H3. The normalized spacial score (nSPS) is 12.6. The summed E-state index contributed by atoms with van der Waals surface area (Å²) in [7, 11) is -6.23. The molecule has 0 atom stereocenters. The molecule has 0 spiro atoms. The molecule has 0 aliphatic carbocycles. The molecular weight excluding hydrogens is 380 g/mol. The van der Waals surface area contributed by atoms with Gasteiger partial charge in [0.15, 0.2) is 0 Å². The molecule has 0 aliphatic heterocycles. The van der Waals surface area contributed by atoms with Crippen molar-refractivity contribution in [2.75, 3.05) is 26.4 Å². The lowest BCUT2D eigenvalue weighted by Crippen LogP contribution is -2.62. The molecule has 0 unspecified atom stereocenters. The number of aromatic nitrogens is 2. The number of rotatable bonds is 17. The number of hydrogen-bond acceptors (Lipinski definition) is 6. The Kier molecular flexibility index (Phi) is 12.3. The lowest BCUT2D eigenvalue weighted by atomic mass is 10.5. The SMILES string of the molecule is CCCO[Si](CCC)(OCCC)O[Si](OCCC)(OCCC)n1ccnc1. The van der Waals surface area contributed by atoms with E-state index in [1.807, 2.05) is 10.4 Å². The Hall–Kier alpha value is -0.556. The Morgan fingerprint density at radius 2 is 1.26 bits per heavy atom. The molecule has 0 N–H and O–H groups in total. The van der Waals surface area contributed by atoms with Crippen LogP contribution in [0.3, 0.4) is 0 Å². The van der Waals surface area contributed by atoms with Gasteiger partial charge in [-0.3, -0.25) is 4.23 Å². The van der Waals surface area contributed by atoms with Crippen molar-refractivity contribution >= 4 is 17.8 Å². The lowest BCUT2D eigenvalue weighted by Gasteiger charge is -2.38. The van der Waals surface area contributed by atoms with Gasteiger partial charge in [-0.25, -0.2) is 4.98 Å². The molecule has 0 aliphatic rings. The maximum atomic E-state index is 6.73. The van der Waals surface area contributed by atoms with E-state index in [1.54, 1.807) is 12.5 Å². The van der Waals surface area contributed by atoms with Gasteiger partial charge in [0.25, 0.3) is 0 Å². The summed E-state index contributed by atoms with van der Waals surface area (Å²) in [5, 5.41) is 0. The highest BCUT2D eigenvalue weighted by Gasteiger charge is 2.56. The lowest BCUT2D eigenvalue weighted by molar-refractivity contribution is 0.0345. The van der Waals surface area contributed by atoms with Gasteiger partial charge in [-0.05, 0) is 25.7 Å². The molecule has 0 aromatic carbocycles. The summed E-state index contributed by atoms with van der Waals surface area (Å²) in [6.45, 7) is 12.8. The molecule has 0 saturated carbocycles. The second-order valence-electron chi connectivity index (χ2n) is 6.42. The van der Waals surface area contributed by atoms with Crippen molar-refractivity contribution in [2.45, 2.75) is 72.8 Å². The van der Waals surface area contributed by atoms with Gasteiger partial charge in [0.05, 0.1) is 6.33 Å². The third kappa shape index (κ3) is 7.76. The summed E-state index contributed by atoms with van der Waals surface area (Å²) in [6.07, 6.45) is 9.75. The van der Waals surface area contributed by atoms with Crippen LogP contribution in [0.15, 0.2) is 18.7 Å². The van der Waals surface area contributed by atoms with Gasteiger partial charge in [0.2, 0.25) is 0 Å². The molecule has 1 aromatic heterocycles. The van der Waals surface area contributed by atoms with Gasteiger partial charge in [-0.1, -0.05) is 41.0 Å². The van der Waals surface area contributed by atoms with Crippen molar-refractivity contribution in [3.63, 3.8) is 0 Å². The summed E-state index contributed by atoms with van der Waals surface area (Å²) in [4.78, 5) is 4.20. The summed E-state index contributed by atoms with van der Waals surface area (Å²) in [5.74, 6) is 0. The first kappa shape index (κ1) is 24.5. The Balaban J connectivity index is 3.27. The van der Waals surface area contributed by atoms with Crippen LogP contribution in [-0.2, 0) is 21.8 Å². The van der Waals surface area contributed by atoms with Gasteiger partial charge in [-0.15, -0.1) is 0 Å². The van der Waals surface area contributed by atoms with Gasteiger partial charge in [0.1, 0.15) is 0 Å². The Morgan fingerprint density at radius 1 is 0.741 bits per heavy atom. The first-order valence-electron chi connectivity index (χ1n) is 10.4. The van der Waals surface area contributed by atoms with E-state index >= 15 is 0 Å². The van der Waals surface area contributed by atoms with Crippen LogP contribution < -0.4 is 0 Å². The predicted molar refractivity (Wildman–Crippen MR) is 110 cm³/mol. The van der Waals surface area contributed by atoms with Gasteiger partial charge >= 0.3 is 17.8 Å². The fourth-order valence-electron chi connectivity index (χ4n) is 2.50. The van der Waals surface area contributed by atoms with Crippen LogP contribution in [0.2, 0.25) is 6.04 Å². The molecular formula is C18H38N2O5Si2. The highest BCUT2D eigenvalue weighted by atomic mass is 28.5. The molecule has 27 heavy (non-hydrogen) atoms. The van der Waals surface area contributed by atoms with Gasteiger partial charge < -0.3 is 21.8 Å². The summed E-state index contributed by atoms with van der Waals surface area (Å²) in [6, 6.07) is 0.738. The predicted octanol–water partition coefficient (Wildman–Crippen LogP) is 4.24. The molecule has 0 saturated heterocycles. The highest BCUT2D eigenvalue weighted by molar-refractivity contribution is 6.74. The number of nitrogens with zero attached hydrogens (tertiary/aromatic N) is 2. The zero-order valence-corrected chi connectivity index (χ0v) is 19.7. The van der Waals surface area contributed by atoms with Crippen LogP contribution in [-0.4, -0.2) is 53.4 Å². The van der Waals surface area contributed by atoms with E-state index < -0.39 is 17.8 Å². The highest BCUT2D eigenvalue weighted by Crippen LogP contribution is 2.26. The Labute approximate surface area is 167 Å². The average Bonchev–Trinajstić information content (AvgIpc) is 3.22. The monoisotopic (exact) mass is 418 g/mol. The Morgan fingerprint density at radius 3 is 1.67 bits per heavy atom. The van der Waals surface area contributed by atoms with E-state index in [9.17, 15) is 0 Å². The van der Waals surface area contributed by atoms with E-state index in [4.69, 9.17) is 21.8 Å². The minimum absolute atomic E-state index is 0.548. The van der Waals surface area contributed by atoms with Crippen LogP contribution >= 0.6 is 0 Å². The number of hydrogen-bond donors (Lipinski definition) is 0. The fraction of sp³-hybridized carbons (Fsp3) is 0.833. The van der Waals surface area contributed by atoms with Crippen LogP contribution in [0.25, 0.3) is 0 Å². The summed E-state index contributed by atoms with van der Waals surface area (Å²) >= 11 is 0. The van der Waals surface area contributed by atoms with Crippen molar-refractivity contribution in [1.82, 2.24) is 9.22 Å². The van der Waals surface area contributed by atoms with Crippen molar-refractivity contribution in [3.05, 3.63) is 18.7 Å².